The lowest BCUT2D eigenvalue weighted by Crippen LogP contribution is -2.27. The smallest absolute Gasteiger partial charge is 0.267 e. The Hall–Kier alpha value is -3.59. The molecule has 0 amide bonds. The first-order chi connectivity index (χ1) is 14.5. The van der Waals surface area contributed by atoms with Crippen LogP contribution in [0.3, 0.4) is 0 Å². The summed E-state index contributed by atoms with van der Waals surface area (Å²) in [5, 5.41) is 8.74. The van der Waals surface area contributed by atoms with Crippen LogP contribution in [-0.2, 0) is 17.1 Å². The lowest BCUT2D eigenvalue weighted by molar-refractivity contribution is 0.371. The third-order valence-electron chi connectivity index (χ3n) is 5.15. The molecule has 0 spiro atoms. The van der Waals surface area contributed by atoms with Crippen molar-refractivity contribution in [3.05, 3.63) is 84.4 Å². The number of sulfonamides is 1. The summed E-state index contributed by atoms with van der Waals surface area (Å²) in [5.74, 6) is 0. The second-order valence-electron chi connectivity index (χ2n) is 7.00. The van der Waals surface area contributed by atoms with Crippen molar-refractivity contribution in [3.63, 3.8) is 0 Å². The van der Waals surface area contributed by atoms with Gasteiger partial charge in [0.15, 0.2) is 0 Å². The van der Waals surface area contributed by atoms with Crippen molar-refractivity contribution in [1.29, 1.82) is 0 Å². The van der Waals surface area contributed by atoms with Gasteiger partial charge in [-0.15, -0.1) is 0 Å². The van der Waals surface area contributed by atoms with Crippen molar-refractivity contribution in [2.24, 2.45) is 12.1 Å². The van der Waals surface area contributed by atoms with Crippen LogP contribution in [0.25, 0.3) is 11.0 Å². The van der Waals surface area contributed by atoms with Crippen molar-refractivity contribution in [2.75, 3.05) is 0 Å². The molecule has 1 aliphatic heterocycles. The zero-order valence-corrected chi connectivity index (χ0v) is 16.9. The van der Waals surface area contributed by atoms with Crippen LogP contribution in [0, 0.1) is 0 Å². The first-order valence-electron chi connectivity index (χ1n) is 9.40. The maximum Gasteiger partial charge on any atom is 0.279 e. The van der Waals surface area contributed by atoms with E-state index in [2.05, 4.69) is 20.2 Å². The number of rotatable bonds is 4. The Bertz CT molecular complexity index is 1360. The van der Waals surface area contributed by atoms with Crippen molar-refractivity contribution in [1.82, 2.24) is 24.2 Å². The molecule has 30 heavy (non-hydrogen) atoms. The standard InChI is InChI=1S/C21H18N6O2S/c1-26-20(9-10-24-26)19-14-21(15-7-8-17-18(13-15)23-12-11-22-17)27(25-19)30(28,29)16-5-3-2-4-6-16/h2-13,21H,14H2,1H3/t21-/m1/s1. The van der Waals surface area contributed by atoms with E-state index in [0.717, 1.165) is 16.8 Å². The van der Waals surface area contributed by atoms with Gasteiger partial charge in [0.25, 0.3) is 10.0 Å². The Kier molecular flexibility index (Phi) is 4.32. The molecule has 4 aromatic rings. The molecule has 150 valence electrons. The summed E-state index contributed by atoms with van der Waals surface area (Å²) in [6.07, 6.45) is 5.36. The van der Waals surface area contributed by atoms with Crippen LogP contribution in [-0.4, -0.2) is 38.3 Å². The van der Waals surface area contributed by atoms with E-state index in [1.807, 2.05) is 31.3 Å². The number of hydrogen-bond acceptors (Lipinski definition) is 6. The first kappa shape index (κ1) is 18.4. The average Bonchev–Trinajstić information content (AvgIpc) is 3.40. The Balaban J connectivity index is 1.64. The minimum Gasteiger partial charge on any atom is -0.267 e. The number of benzene rings is 2. The van der Waals surface area contributed by atoms with E-state index in [9.17, 15) is 8.42 Å². The number of aryl methyl sites for hydroxylation is 1. The van der Waals surface area contributed by atoms with E-state index >= 15 is 0 Å². The molecule has 2 aromatic heterocycles. The predicted octanol–water partition coefficient (Wildman–Crippen LogP) is 2.90. The van der Waals surface area contributed by atoms with E-state index in [1.165, 1.54) is 4.41 Å². The fourth-order valence-electron chi connectivity index (χ4n) is 3.66. The van der Waals surface area contributed by atoms with Gasteiger partial charge in [-0.3, -0.25) is 14.6 Å². The summed E-state index contributed by atoms with van der Waals surface area (Å²) in [6, 6.07) is 15.3. The Morgan fingerprint density at radius 1 is 0.933 bits per heavy atom. The summed E-state index contributed by atoms with van der Waals surface area (Å²) >= 11 is 0. The maximum absolute atomic E-state index is 13.5. The third kappa shape index (κ3) is 3.03. The first-order valence-corrected chi connectivity index (χ1v) is 10.8. The van der Waals surface area contributed by atoms with Crippen LogP contribution in [0.15, 0.2) is 83.2 Å². The molecule has 0 saturated carbocycles. The molecule has 0 unspecified atom stereocenters. The van der Waals surface area contributed by atoms with Crippen LogP contribution >= 0.6 is 0 Å². The van der Waals surface area contributed by atoms with Crippen LogP contribution < -0.4 is 0 Å². The molecule has 0 fully saturated rings. The van der Waals surface area contributed by atoms with Crippen LogP contribution in [0.4, 0.5) is 0 Å². The van der Waals surface area contributed by atoms with E-state index in [-0.39, 0.29) is 4.90 Å². The van der Waals surface area contributed by atoms with Crippen LogP contribution in [0.5, 0.6) is 0 Å². The van der Waals surface area contributed by atoms with E-state index in [0.29, 0.717) is 17.6 Å². The predicted molar refractivity (Wildman–Crippen MR) is 112 cm³/mol. The Morgan fingerprint density at radius 2 is 1.70 bits per heavy atom. The number of hydrogen-bond donors (Lipinski definition) is 0. The summed E-state index contributed by atoms with van der Waals surface area (Å²) in [4.78, 5) is 8.86. The van der Waals surface area contributed by atoms with Gasteiger partial charge in [0.1, 0.15) is 0 Å². The van der Waals surface area contributed by atoms with Crippen molar-refractivity contribution in [3.8, 4) is 0 Å². The highest BCUT2D eigenvalue weighted by Gasteiger charge is 2.38. The molecule has 2 aromatic carbocycles. The van der Waals surface area contributed by atoms with Crippen LogP contribution in [0.2, 0.25) is 0 Å². The molecule has 5 rings (SSSR count). The van der Waals surface area contributed by atoms with Gasteiger partial charge in [-0.1, -0.05) is 24.3 Å². The molecule has 3 heterocycles. The zero-order chi connectivity index (χ0) is 20.7. The van der Waals surface area contributed by atoms with E-state index in [1.54, 1.807) is 53.6 Å². The largest absolute Gasteiger partial charge is 0.279 e. The van der Waals surface area contributed by atoms with E-state index < -0.39 is 16.1 Å². The lowest BCUT2D eigenvalue weighted by Gasteiger charge is -2.23. The number of hydrazone groups is 1. The van der Waals surface area contributed by atoms with Gasteiger partial charge in [-0.2, -0.15) is 23.0 Å². The normalized spacial score (nSPS) is 16.8. The van der Waals surface area contributed by atoms with Crippen molar-refractivity contribution >= 4 is 26.8 Å². The minimum atomic E-state index is -3.85. The second-order valence-corrected chi connectivity index (χ2v) is 8.80. The molecule has 0 aliphatic carbocycles. The number of aromatic nitrogens is 4. The maximum atomic E-state index is 13.5. The quantitative estimate of drug-likeness (QED) is 0.508. The van der Waals surface area contributed by atoms with Gasteiger partial charge in [-0.25, -0.2) is 0 Å². The van der Waals surface area contributed by atoms with Crippen molar-refractivity contribution in [2.45, 2.75) is 17.4 Å². The minimum absolute atomic E-state index is 0.200. The Morgan fingerprint density at radius 3 is 2.43 bits per heavy atom. The number of nitrogens with zero attached hydrogens (tertiary/aromatic N) is 6. The fourth-order valence-corrected chi connectivity index (χ4v) is 5.11. The third-order valence-corrected chi connectivity index (χ3v) is 6.85. The monoisotopic (exact) mass is 418 g/mol. The lowest BCUT2D eigenvalue weighted by atomic mass is 10.0. The Labute approximate surface area is 173 Å². The molecule has 0 N–H and O–H groups in total. The fraction of sp³-hybridized carbons (Fsp3) is 0.143. The number of fused-ring (bicyclic) bond motifs is 1. The molecule has 1 aliphatic rings. The molecular formula is C21H18N6O2S. The molecular weight excluding hydrogens is 400 g/mol. The highest BCUT2D eigenvalue weighted by Crippen LogP contribution is 2.37. The van der Waals surface area contributed by atoms with E-state index in [4.69, 9.17) is 0 Å². The molecule has 0 saturated heterocycles. The topological polar surface area (TPSA) is 93.3 Å². The molecule has 0 radical (unpaired) electrons. The van der Waals surface area contributed by atoms with Crippen LogP contribution in [0.1, 0.15) is 23.7 Å². The molecule has 9 heteroatoms. The van der Waals surface area contributed by atoms with Gasteiger partial charge in [0.2, 0.25) is 0 Å². The average molecular weight is 418 g/mol. The summed E-state index contributed by atoms with van der Waals surface area (Å²) < 4.78 is 29.8. The van der Waals surface area contributed by atoms with Crippen molar-refractivity contribution < 1.29 is 8.42 Å². The SMILES string of the molecule is Cn1nccc1C1=NN(S(=O)(=O)c2ccccc2)[C@@H](c2ccc3nccnc3c2)C1. The highest BCUT2D eigenvalue weighted by atomic mass is 32.2. The summed E-state index contributed by atoms with van der Waals surface area (Å²) in [7, 11) is -2.03. The van der Waals surface area contributed by atoms with Gasteiger partial charge in [-0.05, 0) is 35.9 Å². The summed E-state index contributed by atoms with van der Waals surface area (Å²) in [6.45, 7) is 0. The molecule has 8 nitrogen and oxygen atoms in total. The van der Waals surface area contributed by atoms with Gasteiger partial charge >= 0.3 is 0 Å². The molecule has 1 atom stereocenters. The zero-order valence-electron chi connectivity index (χ0n) is 16.1. The molecule has 0 bridgehead atoms. The second kappa shape index (κ2) is 7.03. The van der Waals surface area contributed by atoms with Gasteiger partial charge in [0, 0.05) is 32.1 Å². The summed E-state index contributed by atoms with van der Waals surface area (Å²) in [5.41, 5.74) is 3.72. The van der Waals surface area contributed by atoms with Gasteiger partial charge < -0.3 is 0 Å². The highest BCUT2D eigenvalue weighted by molar-refractivity contribution is 7.89. The van der Waals surface area contributed by atoms with Gasteiger partial charge in [0.05, 0.1) is 33.4 Å².